The molecule has 3 unspecified atom stereocenters. The van der Waals surface area contributed by atoms with Crippen molar-refractivity contribution < 1.29 is 0 Å². The number of nitrogens with two attached hydrogens (primary N) is 1. The Morgan fingerprint density at radius 2 is 2.10 bits per heavy atom. The average molecular weight is 289 g/mol. The van der Waals surface area contributed by atoms with Crippen molar-refractivity contribution in [3.63, 3.8) is 0 Å². The van der Waals surface area contributed by atoms with Gasteiger partial charge in [-0.3, -0.25) is 0 Å². The maximum atomic E-state index is 6.20. The Morgan fingerprint density at radius 1 is 1.38 bits per heavy atom. The summed E-state index contributed by atoms with van der Waals surface area (Å²) in [6, 6.07) is 2.80. The first kappa shape index (κ1) is 16.3. The molecule has 3 atom stereocenters. The van der Waals surface area contributed by atoms with Crippen molar-refractivity contribution in [2.75, 3.05) is 12.3 Å². The number of pyridine rings is 1. The molecule has 0 aromatic carbocycles. The van der Waals surface area contributed by atoms with Crippen LogP contribution >= 0.6 is 0 Å². The molecular weight excluding hydrogens is 258 g/mol. The van der Waals surface area contributed by atoms with Crippen LogP contribution in [0.5, 0.6) is 0 Å². The van der Waals surface area contributed by atoms with Crippen LogP contribution in [0.25, 0.3) is 0 Å². The zero-order chi connectivity index (χ0) is 15.6. The fraction of sp³-hybridized carbons (Fsp3) is 0.722. The van der Waals surface area contributed by atoms with Crippen LogP contribution in [-0.2, 0) is 5.41 Å². The number of nitrogen functional groups attached to an aromatic ring is 1. The highest BCUT2D eigenvalue weighted by Crippen LogP contribution is 2.43. The van der Waals surface area contributed by atoms with Crippen molar-refractivity contribution in [1.82, 2.24) is 10.3 Å². The van der Waals surface area contributed by atoms with Crippen LogP contribution in [0.3, 0.4) is 0 Å². The molecule has 1 fully saturated rings. The summed E-state index contributed by atoms with van der Waals surface area (Å²) >= 11 is 0. The summed E-state index contributed by atoms with van der Waals surface area (Å²) in [6.45, 7) is 12.4. The highest BCUT2D eigenvalue weighted by atomic mass is 14.9. The summed E-state index contributed by atoms with van der Waals surface area (Å²) in [4.78, 5) is 4.38. The van der Waals surface area contributed by atoms with Gasteiger partial charge in [0.25, 0.3) is 0 Å². The van der Waals surface area contributed by atoms with Crippen LogP contribution in [0.4, 0.5) is 5.82 Å². The molecule has 118 valence electrons. The van der Waals surface area contributed by atoms with Crippen LogP contribution in [0.2, 0.25) is 0 Å². The van der Waals surface area contributed by atoms with E-state index in [-0.39, 0.29) is 5.41 Å². The van der Waals surface area contributed by atoms with Crippen molar-refractivity contribution >= 4 is 5.82 Å². The topological polar surface area (TPSA) is 50.9 Å². The van der Waals surface area contributed by atoms with Gasteiger partial charge in [0.1, 0.15) is 5.82 Å². The highest BCUT2D eigenvalue weighted by Gasteiger charge is 2.40. The predicted octanol–water partition coefficient (Wildman–Crippen LogP) is 3.66. The molecule has 3 nitrogen and oxygen atoms in total. The van der Waals surface area contributed by atoms with E-state index in [1.54, 1.807) is 0 Å². The molecule has 0 amide bonds. The molecule has 1 heterocycles. The number of nitrogens with zero attached hydrogens (tertiary/aromatic N) is 1. The summed E-state index contributed by atoms with van der Waals surface area (Å²) in [6.07, 6.45) is 5.70. The first-order valence-electron chi connectivity index (χ1n) is 8.32. The lowest BCUT2D eigenvalue weighted by atomic mass is 9.63. The smallest absolute Gasteiger partial charge is 0.127 e. The summed E-state index contributed by atoms with van der Waals surface area (Å²) in [5.74, 6) is 2.12. The highest BCUT2D eigenvalue weighted by molar-refractivity contribution is 5.46. The van der Waals surface area contributed by atoms with E-state index in [0.717, 1.165) is 12.5 Å². The van der Waals surface area contributed by atoms with Crippen LogP contribution in [0, 0.1) is 18.8 Å². The lowest BCUT2D eigenvalue weighted by Crippen LogP contribution is -2.48. The van der Waals surface area contributed by atoms with Gasteiger partial charge in [-0.1, -0.05) is 40.2 Å². The predicted molar refractivity (Wildman–Crippen MR) is 90.4 cm³/mol. The third kappa shape index (κ3) is 3.39. The summed E-state index contributed by atoms with van der Waals surface area (Å²) in [7, 11) is 0. The molecule has 0 saturated heterocycles. The molecule has 3 N–H and O–H groups in total. The lowest BCUT2D eigenvalue weighted by molar-refractivity contribution is 0.147. The Kier molecular flexibility index (Phi) is 4.92. The van der Waals surface area contributed by atoms with E-state index in [1.165, 1.54) is 30.4 Å². The van der Waals surface area contributed by atoms with Crippen molar-refractivity contribution in [3.8, 4) is 0 Å². The molecule has 0 bridgehead atoms. The molecule has 2 rings (SSSR count). The number of aromatic nitrogens is 1. The number of rotatable bonds is 4. The van der Waals surface area contributed by atoms with Gasteiger partial charge in [-0.25, -0.2) is 4.98 Å². The molecule has 1 aromatic rings. The summed E-state index contributed by atoms with van der Waals surface area (Å²) < 4.78 is 0. The Balaban J connectivity index is 2.33. The Morgan fingerprint density at radius 3 is 2.76 bits per heavy atom. The van der Waals surface area contributed by atoms with Gasteiger partial charge in [0.15, 0.2) is 0 Å². The van der Waals surface area contributed by atoms with E-state index in [4.69, 9.17) is 5.73 Å². The SMILES string of the molecule is CCNC1CC(C)CCC1C(C)(C)c1cc(C)cnc1N. The average Bonchev–Trinajstić information content (AvgIpc) is 2.41. The molecule has 1 aliphatic rings. The van der Waals surface area contributed by atoms with E-state index in [0.29, 0.717) is 17.8 Å². The van der Waals surface area contributed by atoms with E-state index >= 15 is 0 Å². The fourth-order valence-electron chi connectivity index (χ4n) is 4.03. The van der Waals surface area contributed by atoms with Crippen molar-refractivity contribution in [2.24, 2.45) is 11.8 Å². The number of aryl methyl sites for hydroxylation is 1. The maximum absolute atomic E-state index is 6.20. The molecule has 1 aromatic heterocycles. The summed E-state index contributed by atoms with van der Waals surface area (Å²) in [5, 5.41) is 3.71. The molecule has 1 aliphatic carbocycles. The number of hydrogen-bond acceptors (Lipinski definition) is 3. The zero-order valence-corrected chi connectivity index (χ0v) is 14.2. The normalized spacial score (nSPS) is 26.8. The second-order valence-corrected chi connectivity index (χ2v) is 7.36. The molecule has 3 heteroatoms. The largest absolute Gasteiger partial charge is 0.383 e. The van der Waals surface area contributed by atoms with E-state index in [2.05, 4.69) is 51.0 Å². The zero-order valence-electron chi connectivity index (χ0n) is 14.2. The van der Waals surface area contributed by atoms with Crippen LogP contribution in [0.1, 0.15) is 58.1 Å². The fourth-order valence-corrected chi connectivity index (χ4v) is 4.03. The minimum Gasteiger partial charge on any atom is -0.383 e. The molecule has 0 aliphatic heterocycles. The molecular formula is C18H31N3. The molecule has 0 spiro atoms. The third-order valence-electron chi connectivity index (χ3n) is 5.26. The molecule has 0 radical (unpaired) electrons. The van der Waals surface area contributed by atoms with E-state index in [1.807, 2.05) is 6.20 Å². The molecule has 21 heavy (non-hydrogen) atoms. The van der Waals surface area contributed by atoms with Gasteiger partial charge in [0.2, 0.25) is 0 Å². The lowest BCUT2D eigenvalue weighted by Gasteiger charge is -2.45. The van der Waals surface area contributed by atoms with Gasteiger partial charge in [-0.15, -0.1) is 0 Å². The Bertz CT molecular complexity index is 481. The second kappa shape index (κ2) is 6.35. The first-order chi connectivity index (χ1) is 9.86. The Hall–Kier alpha value is -1.09. The number of nitrogens with one attached hydrogen (secondary N) is 1. The van der Waals surface area contributed by atoms with Crippen LogP contribution < -0.4 is 11.1 Å². The minimum absolute atomic E-state index is 0.0517. The van der Waals surface area contributed by atoms with Gasteiger partial charge < -0.3 is 11.1 Å². The van der Waals surface area contributed by atoms with Gasteiger partial charge >= 0.3 is 0 Å². The van der Waals surface area contributed by atoms with Gasteiger partial charge in [0, 0.05) is 17.8 Å². The van der Waals surface area contributed by atoms with Crippen LogP contribution in [0.15, 0.2) is 12.3 Å². The van der Waals surface area contributed by atoms with Gasteiger partial charge in [0.05, 0.1) is 0 Å². The summed E-state index contributed by atoms with van der Waals surface area (Å²) in [5.41, 5.74) is 8.65. The van der Waals surface area contributed by atoms with Gasteiger partial charge in [-0.05, 0) is 49.1 Å². The first-order valence-corrected chi connectivity index (χ1v) is 8.32. The number of hydrogen-bond donors (Lipinski definition) is 2. The molecule has 1 saturated carbocycles. The third-order valence-corrected chi connectivity index (χ3v) is 5.26. The van der Waals surface area contributed by atoms with Crippen molar-refractivity contribution in [1.29, 1.82) is 0 Å². The van der Waals surface area contributed by atoms with Crippen LogP contribution in [-0.4, -0.2) is 17.6 Å². The van der Waals surface area contributed by atoms with E-state index in [9.17, 15) is 0 Å². The Labute approximate surface area is 129 Å². The monoisotopic (exact) mass is 289 g/mol. The quantitative estimate of drug-likeness (QED) is 0.889. The van der Waals surface area contributed by atoms with E-state index < -0.39 is 0 Å². The maximum Gasteiger partial charge on any atom is 0.127 e. The second-order valence-electron chi connectivity index (χ2n) is 7.36. The standard InChI is InChI=1S/C18H31N3/c1-6-20-16-10-12(2)7-8-14(16)18(4,5)15-9-13(3)11-21-17(15)19/h9,11-12,14,16,20H,6-8,10H2,1-5H3,(H2,19,21). The number of anilines is 1. The van der Waals surface area contributed by atoms with Gasteiger partial charge in [-0.2, -0.15) is 0 Å². The van der Waals surface area contributed by atoms with Crippen molar-refractivity contribution in [2.45, 2.75) is 65.3 Å². The minimum atomic E-state index is 0.0517. The van der Waals surface area contributed by atoms with Crippen molar-refractivity contribution in [3.05, 3.63) is 23.4 Å².